The van der Waals surface area contributed by atoms with E-state index < -0.39 is 30.5 Å². The van der Waals surface area contributed by atoms with Crippen molar-refractivity contribution in [2.45, 2.75) is 24.9 Å². The second-order valence-corrected chi connectivity index (χ2v) is 5.27. The molecule has 3 atom stereocenters. The zero-order valence-corrected chi connectivity index (χ0v) is 10.5. The summed E-state index contributed by atoms with van der Waals surface area (Å²) in [6, 6.07) is 0. The summed E-state index contributed by atoms with van der Waals surface area (Å²) in [6.45, 7) is -0.490. The number of aromatic nitrogens is 2. The van der Waals surface area contributed by atoms with Gasteiger partial charge in [0.05, 0.1) is 17.9 Å². The predicted octanol–water partition coefficient (Wildman–Crippen LogP) is 0.334. The van der Waals surface area contributed by atoms with Gasteiger partial charge in [-0.2, -0.15) is 0 Å². The number of halogens is 2. The first-order chi connectivity index (χ1) is 9.46. The van der Waals surface area contributed by atoms with Crippen LogP contribution < -0.4 is 5.56 Å². The molecule has 1 aromatic rings. The summed E-state index contributed by atoms with van der Waals surface area (Å²) in [7, 11) is 0. The van der Waals surface area contributed by atoms with Crippen molar-refractivity contribution in [3.63, 3.8) is 0 Å². The van der Waals surface area contributed by atoms with Crippen molar-refractivity contribution in [2.24, 2.45) is 11.8 Å². The van der Waals surface area contributed by atoms with Crippen molar-refractivity contribution in [1.29, 1.82) is 0 Å². The van der Waals surface area contributed by atoms with E-state index >= 15 is 0 Å². The largest absolute Gasteiger partial charge is 0.396 e. The third-order valence-corrected chi connectivity index (χ3v) is 4.20. The van der Waals surface area contributed by atoms with Gasteiger partial charge in [0.2, 0.25) is 0 Å². The molecular formula is C13H14F2N2O3. The third kappa shape index (κ3) is 1.73. The molecule has 1 unspecified atom stereocenters. The summed E-state index contributed by atoms with van der Waals surface area (Å²) in [6.07, 6.45) is 1.13. The molecule has 1 aromatic heterocycles. The van der Waals surface area contributed by atoms with Crippen LogP contribution in [0.5, 0.6) is 0 Å². The van der Waals surface area contributed by atoms with Crippen molar-refractivity contribution in [1.82, 2.24) is 9.97 Å². The summed E-state index contributed by atoms with van der Waals surface area (Å²) in [4.78, 5) is 18.0. The van der Waals surface area contributed by atoms with Crippen LogP contribution in [0.15, 0.2) is 17.2 Å². The Labute approximate surface area is 113 Å². The van der Waals surface area contributed by atoms with Crippen molar-refractivity contribution < 1.29 is 19.0 Å². The number of fused-ring (bicyclic) bond motifs is 1. The number of aromatic amines is 1. The molecule has 0 aliphatic heterocycles. The summed E-state index contributed by atoms with van der Waals surface area (Å²) in [5, 5.41) is 18.7. The van der Waals surface area contributed by atoms with E-state index in [1.165, 1.54) is 6.33 Å². The van der Waals surface area contributed by atoms with Crippen molar-refractivity contribution >= 4 is 5.57 Å². The second-order valence-electron chi connectivity index (χ2n) is 5.27. The van der Waals surface area contributed by atoms with Gasteiger partial charge >= 0.3 is 0 Å². The van der Waals surface area contributed by atoms with Gasteiger partial charge in [0.25, 0.3) is 11.5 Å². The fourth-order valence-corrected chi connectivity index (χ4v) is 3.10. The molecule has 1 heterocycles. The molecule has 2 aliphatic carbocycles. The molecule has 0 spiro atoms. The summed E-state index contributed by atoms with van der Waals surface area (Å²) in [5.41, 5.74) is 0.623. The molecule has 1 saturated carbocycles. The first-order valence-corrected chi connectivity index (χ1v) is 6.40. The SMILES string of the molecule is O=c1[nH]cnc2c1CC=C2[C@H]1CC(CO)[C@@H](O)C1(F)F. The van der Waals surface area contributed by atoms with Gasteiger partial charge in [-0.25, -0.2) is 13.8 Å². The molecule has 3 rings (SSSR count). The average Bonchev–Trinajstić information content (AvgIpc) is 2.92. The number of aliphatic hydroxyl groups excluding tert-OH is 2. The van der Waals surface area contributed by atoms with Crippen LogP contribution in [0.4, 0.5) is 8.78 Å². The van der Waals surface area contributed by atoms with Gasteiger partial charge in [0, 0.05) is 18.1 Å². The van der Waals surface area contributed by atoms with Gasteiger partial charge in [0.15, 0.2) is 0 Å². The van der Waals surface area contributed by atoms with Gasteiger partial charge in [-0.1, -0.05) is 6.08 Å². The van der Waals surface area contributed by atoms with E-state index in [4.69, 9.17) is 5.11 Å². The number of allylic oxidation sites excluding steroid dienone is 2. The number of aliphatic hydroxyl groups is 2. The monoisotopic (exact) mass is 284 g/mol. The number of rotatable bonds is 2. The molecule has 0 amide bonds. The highest BCUT2D eigenvalue weighted by atomic mass is 19.3. The van der Waals surface area contributed by atoms with Crippen LogP contribution in [0.25, 0.3) is 5.57 Å². The zero-order valence-electron chi connectivity index (χ0n) is 10.5. The molecule has 3 N–H and O–H groups in total. The quantitative estimate of drug-likeness (QED) is 0.730. The topological polar surface area (TPSA) is 86.2 Å². The number of alkyl halides is 2. The maximum Gasteiger partial charge on any atom is 0.280 e. The van der Waals surface area contributed by atoms with Crippen LogP contribution >= 0.6 is 0 Å². The maximum atomic E-state index is 14.2. The summed E-state index contributed by atoms with van der Waals surface area (Å²) >= 11 is 0. The van der Waals surface area contributed by atoms with Crippen LogP contribution in [-0.2, 0) is 6.42 Å². The lowest BCUT2D eigenvalue weighted by Crippen LogP contribution is -2.37. The fraction of sp³-hybridized carbons (Fsp3) is 0.538. The molecule has 5 nitrogen and oxygen atoms in total. The third-order valence-electron chi connectivity index (χ3n) is 4.20. The van der Waals surface area contributed by atoms with E-state index in [-0.39, 0.29) is 24.1 Å². The van der Waals surface area contributed by atoms with E-state index in [1.54, 1.807) is 6.08 Å². The Morgan fingerprint density at radius 1 is 1.50 bits per heavy atom. The molecule has 2 aliphatic rings. The van der Waals surface area contributed by atoms with Crippen LogP contribution in [0, 0.1) is 11.8 Å². The van der Waals surface area contributed by atoms with Gasteiger partial charge in [0.1, 0.15) is 6.10 Å². The van der Waals surface area contributed by atoms with Crippen molar-refractivity contribution in [3.8, 4) is 0 Å². The molecule has 0 aromatic carbocycles. The predicted molar refractivity (Wildman–Crippen MR) is 66.2 cm³/mol. The van der Waals surface area contributed by atoms with Crippen LogP contribution in [0.3, 0.4) is 0 Å². The second kappa shape index (κ2) is 4.46. The minimum Gasteiger partial charge on any atom is -0.396 e. The fourth-order valence-electron chi connectivity index (χ4n) is 3.10. The zero-order chi connectivity index (χ0) is 14.5. The lowest BCUT2D eigenvalue weighted by Gasteiger charge is -2.23. The Bertz CT molecular complexity index is 626. The van der Waals surface area contributed by atoms with Crippen LogP contribution in [0.2, 0.25) is 0 Å². The van der Waals surface area contributed by atoms with Crippen molar-refractivity contribution in [2.75, 3.05) is 6.61 Å². The minimum absolute atomic E-state index is 0.0234. The van der Waals surface area contributed by atoms with E-state index in [9.17, 15) is 18.7 Å². The molecule has 20 heavy (non-hydrogen) atoms. The minimum atomic E-state index is -3.33. The number of nitrogens with one attached hydrogen (secondary N) is 1. The first-order valence-electron chi connectivity index (χ1n) is 6.40. The standard InChI is InChI=1S/C13H14F2N2O3/c14-13(15)9(3-6(4-18)11(13)19)7-1-2-8-10(7)16-5-17-12(8)20/h1,5-6,9,11,18-19H,2-4H2,(H,16,17,20)/t6?,9-,11-/m1/s1. The lowest BCUT2D eigenvalue weighted by atomic mass is 9.92. The van der Waals surface area contributed by atoms with Crippen molar-refractivity contribution in [3.05, 3.63) is 34.0 Å². The first kappa shape index (κ1) is 13.4. The number of H-pyrrole nitrogens is 1. The van der Waals surface area contributed by atoms with E-state index in [2.05, 4.69) is 9.97 Å². The normalized spacial score (nSPS) is 31.2. The smallest absolute Gasteiger partial charge is 0.280 e. The Morgan fingerprint density at radius 3 is 2.90 bits per heavy atom. The van der Waals surface area contributed by atoms with Gasteiger partial charge in [-0.05, 0) is 18.4 Å². The molecule has 7 heteroatoms. The molecular weight excluding hydrogens is 270 g/mol. The highest BCUT2D eigenvalue weighted by Crippen LogP contribution is 2.51. The summed E-state index contributed by atoms with van der Waals surface area (Å²) in [5.74, 6) is -5.40. The lowest BCUT2D eigenvalue weighted by molar-refractivity contribution is -0.116. The number of hydrogen-bond acceptors (Lipinski definition) is 4. The van der Waals surface area contributed by atoms with Gasteiger partial charge in [-0.3, -0.25) is 4.79 Å². The molecule has 0 bridgehead atoms. The Kier molecular flexibility index (Phi) is 2.98. The van der Waals surface area contributed by atoms with Crippen LogP contribution in [-0.4, -0.2) is 38.8 Å². The van der Waals surface area contributed by atoms with E-state index in [0.29, 0.717) is 11.1 Å². The molecule has 0 saturated heterocycles. The molecule has 0 radical (unpaired) electrons. The van der Waals surface area contributed by atoms with Gasteiger partial charge < -0.3 is 15.2 Å². The Morgan fingerprint density at radius 2 is 2.25 bits per heavy atom. The maximum absolute atomic E-state index is 14.2. The molecule has 108 valence electrons. The van der Waals surface area contributed by atoms with Gasteiger partial charge in [-0.15, -0.1) is 0 Å². The number of hydrogen-bond donors (Lipinski definition) is 3. The van der Waals surface area contributed by atoms with E-state index in [1.807, 2.05) is 0 Å². The number of nitrogens with zero attached hydrogens (tertiary/aromatic N) is 1. The molecule has 1 fully saturated rings. The Balaban J connectivity index is 2.01. The Hall–Kier alpha value is -1.60. The highest BCUT2D eigenvalue weighted by molar-refractivity contribution is 5.72. The van der Waals surface area contributed by atoms with E-state index in [0.717, 1.165) is 0 Å². The van der Waals surface area contributed by atoms with Crippen LogP contribution in [0.1, 0.15) is 17.7 Å². The average molecular weight is 284 g/mol. The highest BCUT2D eigenvalue weighted by Gasteiger charge is 2.58. The summed E-state index contributed by atoms with van der Waals surface area (Å²) < 4.78 is 28.3.